The number of rotatable bonds is 9. The summed E-state index contributed by atoms with van der Waals surface area (Å²) >= 11 is 6.22. The number of para-hydroxylation sites is 1. The molecule has 1 saturated heterocycles. The van der Waals surface area contributed by atoms with Gasteiger partial charge in [0.05, 0.1) is 16.9 Å². The van der Waals surface area contributed by atoms with E-state index in [9.17, 15) is 9.59 Å². The van der Waals surface area contributed by atoms with Gasteiger partial charge >= 0.3 is 0 Å². The SMILES string of the molecule is CCCCC(NC(=O)c1cn(-c2ccccc2Cl)nn1)C(=O)Nc1cccc(N2CCCC2)c1. The number of nitrogens with zero attached hydrogens (tertiary/aromatic N) is 4. The number of hydrogen-bond donors (Lipinski definition) is 2. The van der Waals surface area contributed by atoms with E-state index in [1.807, 2.05) is 37.3 Å². The highest BCUT2D eigenvalue weighted by Gasteiger charge is 2.23. The zero-order valence-electron chi connectivity index (χ0n) is 19.2. The van der Waals surface area contributed by atoms with Gasteiger partial charge in [-0.05, 0) is 49.6 Å². The molecule has 1 atom stereocenters. The smallest absolute Gasteiger partial charge is 0.274 e. The fourth-order valence-electron chi connectivity index (χ4n) is 4.02. The molecule has 1 aliphatic heterocycles. The average Bonchev–Trinajstić information content (AvgIpc) is 3.55. The van der Waals surface area contributed by atoms with E-state index in [-0.39, 0.29) is 11.6 Å². The van der Waals surface area contributed by atoms with Crippen LogP contribution in [0.15, 0.2) is 54.7 Å². The zero-order valence-corrected chi connectivity index (χ0v) is 20.0. The van der Waals surface area contributed by atoms with E-state index in [0.717, 1.165) is 37.3 Å². The van der Waals surface area contributed by atoms with Crippen molar-refractivity contribution in [1.29, 1.82) is 0 Å². The van der Waals surface area contributed by atoms with Crippen LogP contribution in [0.1, 0.15) is 49.5 Å². The van der Waals surface area contributed by atoms with Gasteiger partial charge in [0.25, 0.3) is 5.91 Å². The maximum atomic E-state index is 13.1. The molecule has 178 valence electrons. The Hall–Kier alpha value is -3.39. The van der Waals surface area contributed by atoms with Crippen LogP contribution in [0.5, 0.6) is 0 Å². The number of nitrogens with one attached hydrogen (secondary N) is 2. The number of carbonyl (C=O) groups is 2. The van der Waals surface area contributed by atoms with Crippen molar-refractivity contribution in [3.63, 3.8) is 0 Å². The highest BCUT2D eigenvalue weighted by Crippen LogP contribution is 2.24. The normalized spacial score (nSPS) is 14.1. The van der Waals surface area contributed by atoms with Gasteiger partial charge in [0.15, 0.2) is 5.69 Å². The first kappa shape index (κ1) is 23.8. The van der Waals surface area contributed by atoms with E-state index in [0.29, 0.717) is 17.1 Å². The summed E-state index contributed by atoms with van der Waals surface area (Å²) in [6, 6.07) is 14.3. The molecule has 1 aliphatic rings. The van der Waals surface area contributed by atoms with Crippen LogP contribution in [0, 0.1) is 0 Å². The van der Waals surface area contributed by atoms with E-state index in [4.69, 9.17) is 11.6 Å². The van der Waals surface area contributed by atoms with Gasteiger partial charge in [-0.3, -0.25) is 9.59 Å². The third kappa shape index (κ3) is 5.75. The Labute approximate surface area is 204 Å². The molecule has 9 heteroatoms. The molecule has 3 aromatic rings. The molecule has 1 fully saturated rings. The quantitative estimate of drug-likeness (QED) is 0.472. The van der Waals surface area contributed by atoms with Crippen LogP contribution in [0.3, 0.4) is 0 Å². The van der Waals surface area contributed by atoms with Gasteiger partial charge in [0.1, 0.15) is 6.04 Å². The summed E-state index contributed by atoms with van der Waals surface area (Å²) in [5.74, 6) is -0.709. The summed E-state index contributed by atoms with van der Waals surface area (Å²) < 4.78 is 1.45. The van der Waals surface area contributed by atoms with Crippen molar-refractivity contribution in [2.45, 2.75) is 45.1 Å². The number of anilines is 2. The molecule has 34 heavy (non-hydrogen) atoms. The first-order valence-corrected chi connectivity index (χ1v) is 12.1. The Morgan fingerprint density at radius 2 is 1.91 bits per heavy atom. The second kappa shape index (κ2) is 11.2. The molecule has 0 spiro atoms. The Bertz CT molecular complexity index is 1140. The van der Waals surface area contributed by atoms with Gasteiger partial charge < -0.3 is 15.5 Å². The molecule has 1 aromatic heterocycles. The number of unbranched alkanes of at least 4 members (excludes halogenated alkanes) is 1. The van der Waals surface area contributed by atoms with Crippen molar-refractivity contribution in [3.8, 4) is 5.69 Å². The molecule has 2 N–H and O–H groups in total. The second-order valence-electron chi connectivity index (χ2n) is 8.40. The van der Waals surface area contributed by atoms with Gasteiger partial charge in [-0.2, -0.15) is 0 Å². The topological polar surface area (TPSA) is 92.1 Å². The Kier molecular flexibility index (Phi) is 7.80. The Balaban J connectivity index is 1.44. The van der Waals surface area contributed by atoms with Crippen molar-refractivity contribution in [3.05, 3.63) is 65.4 Å². The predicted molar refractivity (Wildman–Crippen MR) is 134 cm³/mol. The fourth-order valence-corrected chi connectivity index (χ4v) is 4.24. The maximum Gasteiger partial charge on any atom is 0.274 e. The summed E-state index contributed by atoms with van der Waals surface area (Å²) in [6.07, 6.45) is 6.11. The highest BCUT2D eigenvalue weighted by atomic mass is 35.5. The summed E-state index contributed by atoms with van der Waals surface area (Å²) in [6.45, 7) is 4.11. The molecular weight excluding hydrogens is 452 g/mol. The van der Waals surface area contributed by atoms with Crippen LogP contribution in [0.4, 0.5) is 11.4 Å². The molecule has 2 heterocycles. The number of halogens is 1. The largest absolute Gasteiger partial charge is 0.371 e. The Morgan fingerprint density at radius 3 is 2.68 bits per heavy atom. The van der Waals surface area contributed by atoms with Crippen molar-refractivity contribution in [2.75, 3.05) is 23.3 Å². The van der Waals surface area contributed by atoms with Gasteiger partial charge in [-0.1, -0.05) is 54.8 Å². The first-order valence-electron chi connectivity index (χ1n) is 11.7. The lowest BCUT2D eigenvalue weighted by Gasteiger charge is -2.20. The molecule has 1 unspecified atom stereocenters. The fraction of sp³-hybridized carbons (Fsp3) is 0.360. The lowest BCUT2D eigenvalue weighted by atomic mass is 10.1. The van der Waals surface area contributed by atoms with Gasteiger partial charge in [-0.15, -0.1) is 5.10 Å². The van der Waals surface area contributed by atoms with E-state index in [1.165, 1.54) is 23.7 Å². The number of carbonyl (C=O) groups excluding carboxylic acids is 2. The zero-order chi connectivity index (χ0) is 23.9. The molecule has 0 saturated carbocycles. The maximum absolute atomic E-state index is 13.1. The number of amides is 2. The second-order valence-corrected chi connectivity index (χ2v) is 8.81. The van der Waals surface area contributed by atoms with E-state index in [1.54, 1.807) is 12.1 Å². The van der Waals surface area contributed by atoms with Crippen molar-refractivity contribution in [1.82, 2.24) is 20.3 Å². The Morgan fingerprint density at radius 1 is 1.12 bits per heavy atom. The molecule has 2 amide bonds. The van der Waals surface area contributed by atoms with Crippen LogP contribution in [-0.4, -0.2) is 45.9 Å². The van der Waals surface area contributed by atoms with Crippen molar-refractivity contribution >= 4 is 34.8 Å². The van der Waals surface area contributed by atoms with E-state index >= 15 is 0 Å². The van der Waals surface area contributed by atoms with E-state index < -0.39 is 11.9 Å². The summed E-state index contributed by atoms with van der Waals surface area (Å²) in [7, 11) is 0. The number of hydrogen-bond acceptors (Lipinski definition) is 5. The van der Waals surface area contributed by atoms with Crippen LogP contribution >= 0.6 is 11.6 Å². The molecule has 0 aliphatic carbocycles. The number of benzene rings is 2. The standard InChI is InChI=1S/C25H29ClN6O2/c1-2-3-12-21(24(33)27-18-9-8-10-19(16-18)31-14-6-7-15-31)28-25(34)22-17-32(30-29-22)23-13-5-4-11-20(23)26/h4-5,8-11,13,16-17,21H,2-3,6-7,12,14-15H2,1H3,(H,27,33)(H,28,34). The predicted octanol–water partition coefficient (Wildman–Crippen LogP) is 4.45. The van der Waals surface area contributed by atoms with Crippen LogP contribution < -0.4 is 15.5 Å². The first-order chi connectivity index (χ1) is 16.5. The third-order valence-electron chi connectivity index (χ3n) is 5.88. The minimum absolute atomic E-state index is 0.116. The number of aromatic nitrogens is 3. The van der Waals surface area contributed by atoms with E-state index in [2.05, 4.69) is 31.9 Å². The van der Waals surface area contributed by atoms with Gasteiger partial charge in [0.2, 0.25) is 5.91 Å². The molecule has 8 nitrogen and oxygen atoms in total. The average molecular weight is 481 g/mol. The summed E-state index contributed by atoms with van der Waals surface area (Å²) in [5, 5.41) is 14.3. The molecule has 0 radical (unpaired) electrons. The van der Waals surface area contributed by atoms with Gasteiger partial charge in [0, 0.05) is 24.5 Å². The molecule has 2 aromatic carbocycles. The molecular formula is C25H29ClN6O2. The van der Waals surface area contributed by atoms with Crippen LogP contribution in [-0.2, 0) is 4.79 Å². The minimum Gasteiger partial charge on any atom is -0.371 e. The van der Waals surface area contributed by atoms with Crippen LogP contribution in [0.25, 0.3) is 5.69 Å². The van der Waals surface area contributed by atoms with Crippen LogP contribution in [0.2, 0.25) is 5.02 Å². The molecule has 4 rings (SSSR count). The van der Waals surface area contributed by atoms with Gasteiger partial charge in [-0.25, -0.2) is 4.68 Å². The van der Waals surface area contributed by atoms with Crippen molar-refractivity contribution in [2.24, 2.45) is 0 Å². The lowest BCUT2D eigenvalue weighted by Crippen LogP contribution is -2.44. The minimum atomic E-state index is -0.687. The summed E-state index contributed by atoms with van der Waals surface area (Å²) in [5.41, 5.74) is 2.55. The third-order valence-corrected chi connectivity index (χ3v) is 6.20. The highest BCUT2D eigenvalue weighted by molar-refractivity contribution is 6.32. The lowest BCUT2D eigenvalue weighted by molar-refractivity contribution is -0.118. The van der Waals surface area contributed by atoms with Crippen molar-refractivity contribution < 1.29 is 9.59 Å². The molecule has 0 bridgehead atoms. The summed E-state index contributed by atoms with van der Waals surface area (Å²) in [4.78, 5) is 28.3. The monoisotopic (exact) mass is 480 g/mol.